The van der Waals surface area contributed by atoms with Crippen molar-refractivity contribution in [3.05, 3.63) is 29.8 Å². The van der Waals surface area contributed by atoms with Crippen LogP contribution < -0.4 is 5.32 Å². The number of nitrogens with one attached hydrogen (secondary N) is 1. The molecule has 132 valence electrons. The summed E-state index contributed by atoms with van der Waals surface area (Å²) in [5.41, 5.74) is 1.09. The third-order valence-corrected chi connectivity index (χ3v) is 4.71. The van der Waals surface area contributed by atoms with Crippen molar-refractivity contribution in [3.8, 4) is 0 Å². The first-order valence-corrected chi connectivity index (χ1v) is 9.29. The van der Waals surface area contributed by atoms with Gasteiger partial charge in [0.25, 0.3) is 0 Å². The summed E-state index contributed by atoms with van der Waals surface area (Å²) < 4.78 is 4.89. The highest BCUT2D eigenvalue weighted by Gasteiger charge is 2.21. The number of amides is 3. The Morgan fingerprint density at radius 2 is 1.96 bits per heavy atom. The van der Waals surface area contributed by atoms with Crippen LogP contribution in [0.2, 0.25) is 0 Å². The van der Waals surface area contributed by atoms with Gasteiger partial charge in [-0.2, -0.15) is 0 Å². The number of carbonyl (C=O) groups is 2. The van der Waals surface area contributed by atoms with E-state index in [9.17, 15) is 9.59 Å². The highest BCUT2D eigenvalue weighted by molar-refractivity contribution is 7.98. The number of hydrogen-bond acceptors (Lipinski definition) is 4. The van der Waals surface area contributed by atoms with Gasteiger partial charge >= 0.3 is 6.03 Å². The number of ether oxygens (including phenoxy) is 1. The molecule has 1 aliphatic heterocycles. The molecule has 1 N–H and O–H groups in total. The summed E-state index contributed by atoms with van der Waals surface area (Å²) in [5.74, 6) is -0.0198. The summed E-state index contributed by atoms with van der Waals surface area (Å²) in [4.78, 5) is 29.0. The molecule has 0 aliphatic carbocycles. The summed E-state index contributed by atoms with van der Waals surface area (Å²) in [5, 5.41) is 2.97. The first kappa shape index (κ1) is 18.6. The van der Waals surface area contributed by atoms with E-state index in [2.05, 4.69) is 17.4 Å². The quantitative estimate of drug-likeness (QED) is 0.822. The fourth-order valence-corrected chi connectivity index (χ4v) is 3.14. The van der Waals surface area contributed by atoms with Crippen molar-refractivity contribution in [2.75, 3.05) is 46.2 Å². The summed E-state index contributed by atoms with van der Waals surface area (Å²) in [6, 6.07) is 8.06. The molecule has 1 aromatic rings. The fraction of sp³-hybridized carbons (Fsp3) is 0.529. The third kappa shape index (κ3) is 5.42. The van der Waals surface area contributed by atoms with Gasteiger partial charge in [-0.3, -0.25) is 4.79 Å². The van der Waals surface area contributed by atoms with Crippen LogP contribution in [0.15, 0.2) is 29.2 Å². The second kappa shape index (κ2) is 9.54. The number of nitrogens with zero attached hydrogens (tertiary/aromatic N) is 2. The lowest BCUT2D eigenvalue weighted by atomic mass is 10.2. The Morgan fingerprint density at radius 1 is 1.21 bits per heavy atom. The molecule has 0 spiro atoms. The van der Waals surface area contributed by atoms with E-state index in [0.29, 0.717) is 32.7 Å². The van der Waals surface area contributed by atoms with Gasteiger partial charge in [-0.1, -0.05) is 12.1 Å². The van der Waals surface area contributed by atoms with Gasteiger partial charge in [-0.05, 0) is 30.4 Å². The zero-order valence-electron chi connectivity index (χ0n) is 14.3. The number of rotatable bonds is 5. The Balaban J connectivity index is 1.83. The van der Waals surface area contributed by atoms with Gasteiger partial charge in [0.15, 0.2) is 0 Å². The number of carbonyl (C=O) groups excluding carboxylic acids is 2. The largest absolute Gasteiger partial charge is 0.375 e. The van der Waals surface area contributed by atoms with E-state index < -0.39 is 0 Å². The molecule has 0 aromatic heterocycles. The molecule has 1 saturated heterocycles. The first-order valence-electron chi connectivity index (χ1n) is 8.06. The van der Waals surface area contributed by atoms with E-state index in [1.807, 2.05) is 18.4 Å². The minimum absolute atomic E-state index is 0.0198. The molecular weight excluding hydrogens is 326 g/mol. The number of hydrogen-bond donors (Lipinski definition) is 1. The third-order valence-electron chi connectivity index (χ3n) is 3.98. The van der Waals surface area contributed by atoms with Crippen molar-refractivity contribution < 1.29 is 14.3 Å². The molecule has 0 unspecified atom stereocenters. The molecule has 1 aliphatic rings. The molecule has 2 rings (SSSR count). The van der Waals surface area contributed by atoms with Gasteiger partial charge in [0.2, 0.25) is 5.91 Å². The predicted molar refractivity (Wildman–Crippen MR) is 95.1 cm³/mol. The van der Waals surface area contributed by atoms with Crippen LogP contribution in [0.5, 0.6) is 0 Å². The molecule has 1 aromatic carbocycles. The van der Waals surface area contributed by atoms with E-state index in [0.717, 1.165) is 12.0 Å². The highest BCUT2D eigenvalue weighted by Crippen LogP contribution is 2.15. The lowest BCUT2D eigenvalue weighted by Gasteiger charge is -2.22. The molecule has 0 saturated carbocycles. The summed E-state index contributed by atoms with van der Waals surface area (Å²) >= 11 is 1.68. The number of urea groups is 1. The fourth-order valence-electron chi connectivity index (χ4n) is 2.66. The number of methoxy groups -OCH3 is 1. The first-order chi connectivity index (χ1) is 11.6. The topological polar surface area (TPSA) is 61.9 Å². The summed E-state index contributed by atoms with van der Waals surface area (Å²) in [7, 11) is 1.52. The van der Waals surface area contributed by atoms with Crippen LogP contribution in [-0.4, -0.2) is 67.9 Å². The van der Waals surface area contributed by atoms with Gasteiger partial charge < -0.3 is 19.9 Å². The molecule has 24 heavy (non-hydrogen) atoms. The van der Waals surface area contributed by atoms with E-state index in [1.54, 1.807) is 21.6 Å². The maximum atomic E-state index is 12.4. The molecule has 0 atom stereocenters. The van der Waals surface area contributed by atoms with Gasteiger partial charge in [0.1, 0.15) is 6.61 Å². The highest BCUT2D eigenvalue weighted by atomic mass is 32.2. The molecule has 3 amide bonds. The molecule has 7 heteroatoms. The average molecular weight is 351 g/mol. The van der Waals surface area contributed by atoms with Crippen LogP contribution in [0.25, 0.3) is 0 Å². The maximum absolute atomic E-state index is 12.4. The van der Waals surface area contributed by atoms with Gasteiger partial charge in [-0.15, -0.1) is 11.8 Å². The molecule has 1 fully saturated rings. The molecular formula is C17H25N3O3S. The SMILES string of the molecule is COCC(=O)N1CCCN(C(=O)NCc2cccc(SC)c2)CC1. The molecule has 1 heterocycles. The Morgan fingerprint density at radius 3 is 2.71 bits per heavy atom. The van der Waals surface area contributed by atoms with E-state index in [4.69, 9.17) is 4.74 Å². The standard InChI is InChI=1S/C17H25N3O3S/c1-23-13-16(21)19-7-4-8-20(10-9-19)17(22)18-12-14-5-3-6-15(11-14)24-2/h3,5-6,11H,4,7-10,12-13H2,1-2H3,(H,18,22). The van der Waals surface area contributed by atoms with Crippen molar-refractivity contribution >= 4 is 23.7 Å². The van der Waals surface area contributed by atoms with Crippen LogP contribution in [-0.2, 0) is 16.1 Å². The lowest BCUT2D eigenvalue weighted by Crippen LogP contribution is -2.42. The number of thioether (sulfide) groups is 1. The second-order valence-electron chi connectivity index (χ2n) is 5.66. The van der Waals surface area contributed by atoms with Crippen molar-refractivity contribution in [1.82, 2.24) is 15.1 Å². The Hall–Kier alpha value is -1.73. The minimum atomic E-state index is -0.0782. The normalized spacial score (nSPS) is 15.1. The summed E-state index contributed by atoms with van der Waals surface area (Å²) in [6.07, 6.45) is 2.82. The Bertz CT molecular complexity index is 568. The van der Waals surface area contributed by atoms with Gasteiger partial charge in [-0.25, -0.2) is 4.79 Å². The van der Waals surface area contributed by atoms with Gasteiger partial charge in [0.05, 0.1) is 0 Å². The zero-order valence-corrected chi connectivity index (χ0v) is 15.1. The molecule has 6 nitrogen and oxygen atoms in total. The van der Waals surface area contributed by atoms with Crippen LogP contribution in [0, 0.1) is 0 Å². The van der Waals surface area contributed by atoms with E-state index in [1.165, 1.54) is 12.0 Å². The van der Waals surface area contributed by atoms with E-state index >= 15 is 0 Å². The van der Waals surface area contributed by atoms with Crippen LogP contribution in [0.1, 0.15) is 12.0 Å². The van der Waals surface area contributed by atoms with Crippen molar-refractivity contribution in [2.24, 2.45) is 0 Å². The van der Waals surface area contributed by atoms with Crippen molar-refractivity contribution in [2.45, 2.75) is 17.9 Å². The molecule has 0 bridgehead atoms. The number of benzene rings is 1. The molecule has 0 radical (unpaired) electrons. The second-order valence-corrected chi connectivity index (χ2v) is 6.54. The predicted octanol–water partition coefficient (Wildman–Crippen LogP) is 1.80. The minimum Gasteiger partial charge on any atom is -0.375 e. The van der Waals surface area contributed by atoms with Crippen LogP contribution in [0.4, 0.5) is 4.79 Å². The summed E-state index contributed by atoms with van der Waals surface area (Å²) in [6.45, 7) is 3.03. The lowest BCUT2D eigenvalue weighted by molar-refractivity contribution is -0.135. The monoisotopic (exact) mass is 351 g/mol. The Kier molecular flexibility index (Phi) is 7.39. The van der Waals surface area contributed by atoms with Gasteiger partial charge in [0, 0.05) is 44.7 Å². The smallest absolute Gasteiger partial charge is 0.317 e. The van der Waals surface area contributed by atoms with Crippen LogP contribution in [0.3, 0.4) is 0 Å². The zero-order chi connectivity index (χ0) is 17.4. The maximum Gasteiger partial charge on any atom is 0.317 e. The van der Waals surface area contributed by atoms with Crippen LogP contribution >= 0.6 is 11.8 Å². The van der Waals surface area contributed by atoms with Crippen molar-refractivity contribution in [3.63, 3.8) is 0 Å². The average Bonchev–Trinajstić information content (AvgIpc) is 2.86. The van der Waals surface area contributed by atoms with Crippen molar-refractivity contribution in [1.29, 1.82) is 0 Å². The Labute approximate surface area is 147 Å². The van der Waals surface area contributed by atoms with E-state index in [-0.39, 0.29) is 18.5 Å².